The minimum Gasteiger partial charge on any atom is -0.287 e. The van der Waals surface area contributed by atoms with Gasteiger partial charge < -0.3 is 0 Å². The Morgan fingerprint density at radius 3 is 2.12 bits per heavy atom. The van der Waals surface area contributed by atoms with Gasteiger partial charge in [0.25, 0.3) is 0 Å². The first-order chi connectivity index (χ1) is 12.1. The topological polar surface area (TPSA) is 65.8 Å². The third kappa shape index (κ3) is 3.67. The van der Waals surface area contributed by atoms with Crippen LogP contribution in [0, 0.1) is 0 Å². The fraction of sp³-hybridized carbons (Fsp3) is 0. The zero-order valence-corrected chi connectivity index (χ0v) is 14.4. The Morgan fingerprint density at radius 2 is 1.48 bits per heavy atom. The second-order valence-electron chi connectivity index (χ2n) is 5.24. The highest BCUT2D eigenvalue weighted by molar-refractivity contribution is 6.31. The van der Waals surface area contributed by atoms with Crippen LogP contribution in [0.5, 0.6) is 0 Å². The average molecular weight is 368 g/mol. The van der Waals surface area contributed by atoms with E-state index in [4.69, 9.17) is 28.7 Å². The lowest BCUT2D eigenvalue weighted by atomic mass is 9.90. The van der Waals surface area contributed by atoms with Crippen LogP contribution in [-0.4, -0.2) is 5.91 Å². The first-order valence-corrected chi connectivity index (χ1v) is 8.10. The second-order valence-corrected chi connectivity index (χ2v) is 6.12. The van der Waals surface area contributed by atoms with Crippen molar-refractivity contribution in [3.05, 3.63) is 92.8 Å². The molecule has 4 nitrogen and oxygen atoms in total. The molecule has 3 aromatic rings. The number of hydrogen-bond acceptors (Lipinski definition) is 1. The molecule has 0 aliphatic rings. The molecule has 0 spiro atoms. The van der Waals surface area contributed by atoms with E-state index < -0.39 is 5.91 Å². The Kier molecular flexibility index (Phi) is 5.05. The van der Waals surface area contributed by atoms with Crippen molar-refractivity contribution in [3.8, 4) is 22.3 Å². The Balaban J connectivity index is 2.34. The highest BCUT2D eigenvalue weighted by Gasteiger charge is 2.17. The molecule has 0 N–H and O–H groups in total. The summed E-state index contributed by atoms with van der Waals surface area (Å²) in [6.45, 7) is 0. The van der Waals surface area contributed by atoms with Crippen molar-refractivity contribution in [2.24, 2.45) is 5.11 Å². The molecule has 0 bridgehead atoms. The number of hydrogen-bond donors (Lipinski definition) is 0. The molecule has 1 amide bonds. The third-order valence-electron chi connectivity index (χ3n) is 3.68. The summed E-state index contributed by atoms with van der Waals surface area (Å²) in [4.78, 5) is 14.9. The monoisotopic (exact) mass is 367 g/mol. The Morgan fingerprint density at radius 1 is 0.880 bits per heavy atom. The van der Waals surface area contributed by atoms with E-state index in [9.17, 15) is 4.79 Å². The van der Waals surface area contributed by atoms with E-state index in [1.807, 2.05) is 30.3 Å². The lowest BCUT2D eigenvalue weighted by Gasteiger charge is -2.14. The van der Waals surface area contributed by atoms with Crippen molar-refractivity contribution in [2.45, 2.75) is 0 Å². The van der Waals surface area contributed by atoms with Crippen molar-refractivity contribution >= 4 is 29.1 Å². The maximum absolute atomic E-state index is 12.3. The molecule has 0 unspecified atom stereocenters. The summed E-state index contributed by atoms with van der Waals surface area (Å²) in [6, 6.07) is 19.7. The van der Waals surface area contributed by atoms with Crippen LogP contribution in [0.1, 0.15) is 10.4 Å². The summed E-state index contributed by atoms with van der Waals surface area (Å²) in [5.41, 5.74) is 12.0. The molecule has 0 saturated carbocycles. The van der Waals surface area contributed by atoms with Gasteiger partial charge in [-0.25, -0.2) is 0 Å². The van der Waals surface area contributed by atoms with Gasteiger partial charge in [0.05, 0.1) is 0 Å². The van der Waals surface area contributed by atoms with Crippen molar-refractivity contribution in [3.63, 3.8) is 0 Å². The highest BCUT2D eigenvalue weighted by Crippen LogP contribution is 2.37. The number of carbonyl (C=O) groups excluding carboxylic acids is 1. The number of benzene rings is 3. The summed E-state index contributed by atoms with van der Waals surface area (Å²) in [5.74, 6) is -0.652. The van der Waals surface area contributed by atoms with Gasteiger partial charge in [-0.05, 0) is 51.6 Å². The predicted molar refractivity (Wildman–Crippen MR) is 101 cm³/mol. The van der Waals surface area contributed by atoms with E-state index in [0.717, 1.165) is 16.7 Å². The normalized spacial score (nSPS) is 10.2. The van der Waals surface area contributed by atoms with E-state index in [-0.39, 0.29) is 0 Å². The summed E-state index contributed by atoms with van der Waals surface area (Å²) < 4.78 is 0. The Bertz CT molecular complexity index is 1010. The molecule has 0 aliphatic carbocycles. The smallest absolute Gasteiger partial charge is 0.249 e. The van der Waals surface area contributed by atoms with Crippen molar-refractivity contribution in [1.29, 1.82) is 0 Å². The summed E-state index contributed by atoms with van der Waals surface area (Å²) in [5, 5.41) is 4.37. The van der Waals surface area contributed by atoms with E-state index in [0.29, 0.717) is 21.2 Å². The number of rotatable bonds is 3. The minimum absolute atomic E-state index is 0.303. The number of carbonyl (C=O) groups is 1. The van der Waals surface area contributed by atoms with Gasteiger partial charge in [-0.1, -0.05) is 65.7 Å². The number of amides is 1. The summed E-state index contributed by atoms with van der Waals surface area (Å²) >= 11 is 12.2. The molecule has 0 aliphatic heterocycles. The number of halogens is 2. The summed E-state index contributed by atoms with van der Waals surface area (Å²) in [7, 11) is 0. The molecule has 3 rings (SSSR count). The maximum Gasteiger partial charge on any atom is 0.249 e. The number of azide groups is 1. The first-order valence-electron chi connectivity index (χ1n) is 7.34. The molecule has 0 saturated heterocycles. The van der Waals surface area contributed by atoms with Gasteiger partial charge in [0.1, 0.15) is 0 Å². The van der Waals surface area contributed by atoms with Gasteiger partial charge in [-0.2, -0.15) is 0 Å². The molecule has 3 aromatic carbocycles. The summed E-state index contributed by atoms with van der Waals surface area (Å²) in [6.07, 6.45) is 0. The maximum atomic E-state index is 12.3. The van der Waals surface area contributed by atoms with Gasteiger partial charge in [0.2, 0.25) is 5.91 Å². The van der Waals surface area contributed by atoms with Gasteiger partial charge in [-0.3, -0.25) is 4.79 Å². The van der Waals surface area contributed by atoms with Gasteiger partial charge >= 0.3 is 0 Å². The van der Waals surface area contributed by atoms with E-state index in [1.54, 1.807) is 36.4 Å². The zero-order valence-electron chi connectivity index (χ0n) is 12.9. The van der Waals surface area contributed by atoms with E-state index in [1.165, 1.54) is 0 Å². The van der Waals surface area contributed by atoms with Crippen LogP contribution in [-0.2, 0) is 0 Å². The number of nitrogens with zero attached hydrogens (tertiary/aromatic N) is 3. The van der Waals surface area contributed by atoms with Gasteiger partial charge in [-0.15, -0.1) is 0 Å². The van der Waals surface area contributed by atoms with Crippen LogP contribution >= 0.6 is 23.2 Å². The molecule has 25 heavy (non-hydrogen) atoms. The standard InChI is InChI=1S/C19H11Cl2N3O/c20-14-6-1-4-12(10-14)16-8-3-9-17(19(25)23-24-22)18(16)13-5-2-7-15(21)11-13/h1-11H. The Hall–Kier alpha value is -2.78. The van der Waals surface area contributed by atoms with Crippen LogP contribution in [0.15, 0.2) is 71.8 Å². The molecular weight excluding hydrogens is 357 g/mol. The van der Waals surface area contributed by atoms with Gasteiger partial charge in [0, 0.05) is 26.1 Å². The minimum atomic E-state index is -0.652. The largest absolute Gasteiger partial charge is 0.287 e. The second kappa shape index (κ2) is 7.41. The third-order valence-corrected chi connectivity index (χ3v) is 4.15. The molecule has 122 valence electrons. The quantitative estimate of drug-likeness (QED) is 0.285. The molecule has 0 fully saturated rings. The van der Waals surface area contributed by atoms with Crippen LogP contribution in [0.4, 0.5) is 0 Å². The SMILES string of the molecule is [N-]=[N+]=NC(=O)c1cccc(-c2cccc(Cl)c2)c1-c1cccc(Cl)c1. The van der Waals surface area contributed by atoms with E-state index >= 15 is 0 Å². The lowest BCUT2D eigenvalue weighted by Crippen LogP contribution is -1.99. The Labute approximate surface area is 154 Å². The molecule has 0 atom stereocenters. The van der Waals surface area contributed by atoms with E-state index in [2.05, 4.69) is 10.0 Å². The van der Waals surface area contributed by atoms with Crippen LogP contribution < -0.4 is 0 Å². The molecule has 0 heterocycles. The van der Waals surface area contributed by atoms with Crippen molar-refractivity contribution in [2.75, 3.05) is 0 Å². The predicted octanol–water partition coefficient (Wildman–Crippen LogP) is 6.78. The molecule has 0 aromatic heterocycles. The first kappa shape index (κ1) is 17.1. The fourth-order valence-electron chi connectivity index (χ4n) is 2.68. The molecule has 6 heteroatoms. The van der Waals surface area contributed by atoms with Crippen LogP contribution in [0.3, 0.4) is 0 Å². The van der Waals surface area contributed by atoms with Crippen LogP contribution in [0.2, 0.25) is 10.0 Å². The average Bonchev–Trinajstić information content (AvgIpc) is 2.61. The molecule has 0 radical (unpaired) electrons. The highest BCUT2D eigenvalue weighted by atomic mass is 35.5. The molecular formula is C19H11Cl2N3O. The fourth-order valence-corrected chi connectivity index (χ4v) is 3.06. The lowest BCUT2D eigenvalue weighted by molar-refractivity contribution is 0.100. The van der Waals surface area contributed by atoms with Gasteiger partial charge in [0.15, 0.2) is 0 Å². The zero-order chi connectivity index (χ0) is 17.8. The van der Waals surface area contributed by atoms with Crippen molar-refractivity contribution in [1.82, 2.24) is 0 Å². The van der Waals surface area contributed by atoms with Crippen molar-refractivity contribution < 1.29 is 4.79 Å². The van der Waals surface area contributed by atoms with Crippen LogP contribution in [0.25, 0.3) is 32.7 Å².